The molecule has 198 valence electrons. The lowest BCUT2D eigenvalue weighted by molar-refractivity contribution is -0.121. The van der Waals surface area contributed by atoms with Gasteiger partial charge in [0.25, 0.3) is 5.91 Å². The van der Waals surface area contributed by atoms with Crippen molar-refractivity contribution in [3.63, 3.8) is 0 Å². The zero-order valence-electron chi connectivity index (χ0n) is 21.6. The van der Waals surface area contributed by atoms with Crippen LogP contribution in [0.2, 0.25) is 0 Å². The average molecular weight is 509 g/mol. The SMILES string of the molecule is CC1(CN2CCC(COc3ccc(-c4ccc(C(=O)N5CCC[C@H]5C(N)=O)c(F)c4)nc3)CC2)CCC1. The Morgan fingerprint density at radius 2 is 1.89 bits per heavy atom. The number of nitrogens with zero attached hydrogens (tertiary/aromatic N) is 3. The molecule has 3 heterocycles. The van der Waals surface area contributed by atoms with Crippen molar-refractivity contribution in [3.8, 4) is 17.0 Å². The Hall–Kier alpha value is -3.00. The number of aromatic nitrogens is 1. The highest BCUT2D eigenvalue weighted by atomic mass is 19.1. The van der Waals surface area contributed by atoms with Gasteiger partial charge in [0.1, 0.15) is 17.6 Å². The molecule has 37 heavy (non-hydrogen) atoms. The first-order valence-corrected chi connectivity index (χ1v) is 13.5. The molecule has 0 unspecified atom stereocenters. The number of rotatable bonds is 8. The third kappa shape index (κ3) is 5.79. The second-order valence-electron chi connectivity index (χ2n) is 11.3. The molecule has 3 fully saturated rings. The van der Waals surface area contributed by atoms with Crippen molar-refractivity contribution in [1.29, 1.82) is 0 Å². The second kappa shape index (κ2) is 10.8. The minimum absolute atomic E-state index is 0.0651. The predicted molar refractivity (Wildman–Crippen MR) is 140 cm³/mol. The van der Waals surface area contributed by atoms with E-state index in [4.69, 9.17) is 10.5 Å². The molecule has 1 aromatic carbocycles. The van der Waals surface area contributed by atoms with Crippen molar-refractivity contribution in [2.24, 2.45) is 17.1 Å². The summed E-state index contributed by atoms with van der Waals surface area (Å²) in [7, 11) is 0. The molecular weight excluding hydrogens is 471 g/mol. The lowest BCUT2D eigenvalue weighted by Gasteiger charge is -2.44. The Bertz CT molecular complexity index is 1130. The van der Waals surface area contributed by atoms with Gasteiger partial charge in [-0.3, -0.25) is 14.6 Å². The van der Waals surface area contributed by atoms with Crippen LogP contribution in [0.5, 0.6) is 5.75 Å². The van der Waals surface area contributed by atoms with Crippen molar-refractivity contribution in [3.05, 3.63) is 47.9 Å². The Labute approximate surface area is 218 Å². The van der Waals surface area contributed by atoms with Crippen LogP contribution in [0.4, 0.5) is 4.39 Å². The number of halogens is 1. The molecule has 2 saturated heterocycles. The standard InChI is InChI=1S/C29H37FN4O3/c1-29(11-3-12-29)19-33-14-9-20(10-15-33)18-37-22-6-8-25(32-17-22)21-5-7-23(24(30)16-21)28(36)34-13-2-4-26(34)27(31)35/h5-8,16-17,20,26H,2-4,9-15,18-19H2,1H3,(H2,31,35)/t26-/m0/s1. The van der Waals surface area contributed by atoms with Gasteiger partial charge in [-0.15, -0.1) is 0 Å². The number of amides is 2. The quantitative estimate of drug-likeness (QED) is 0.576. The van der Waals surface area contributed by atoms with Crippen LogP contribution in [-0.4, -0.2) is 65.4 Å². The van der Waals surface area contributed by atoms with E-state index >= 15 is 0 Å². The van der Waals surface area contributed by atoms with Crippen molar-refractivity contribution in [2.45, 2.75) is 57.9 Å². The molecule has 1 saturated carbocycles. The molecule has 5 rings (SSSR count). The van der Waals surface area contributed by atoms with E-state index in [9.17, 15) is 14.0 Å². The van der Waals surface area contributed by atoms with E-state index in [1.807, 2.05) is 6.07 Å². The van der Waals surface area contributed by atoms with Crippen molar-refractivity contribution in [1.82, 2.24) is 14.8 Å². The van der Waals surface area contributed by atoms with Gasteiger partial charge in [0.2, 0.25) is 5.91 Å². The minimum atomic E-state index is -0.677. The van der Waals surface area contributed by atoms with Gasteiger partial charge >= 0.3 is 0 Å². The van der Waals surface area contributed by atoms with E-state index < -0.39 is 23.7 Å². The fraction of sp³-hybridized carbons (Fsp3) is 0.552. The number of primary amides is 1. The highest BCUT2D eigenvalue weighted by Gasteiger charge is 2.35. The maximum atomic E-state index is 14.9. The Kier molecular flexibility index (Phi) is 7.47. The van der Waals surface area contributed by atoms with Crippen LogP contribution in [0.15, 0.2) is 36.5 Å². The fourth-order valence-corrected chi connectivity index (χ4v) is 5.95. The molecule has 3 aliphatic rings. The van der Waals surface area contributed by atoms with Crippen molar-refractivity contribution >= 4 is 11.8 Å². The summed E-state index contributed by atoms with van der Waals surface area (Å²) in [5.74, 6) is -0.457. The van der Waals surface area contributed by atoms with Crippen LogP contribution in [0.1, 0.15) is 62.2 Å². The van der Waals surface area contributed by atoms with Crippen molar-refractivity contribution in [2.75, 3.05) is 32.8 Å². The zero-order chi connectivity index (χ0) is 26.0. The Morgan fingerprint density at radius 3 is 2.51 bits per heavy atom. The van der Waals surface area contributed by atoms with E-state index in [1.165, 1.54) is 42.8 Å². The fourth-order valence-electron chi connectivity index (χ4n) is 5.95. The number of benzene rings is 1. The number of hydrogen-bond donors (Lipinski definition) is 1. The molecule has 0 bridgehead atoms. The average Bonchev–Trinajstić information content (AvgIpc) is 3.38. The number of hydrogen-bond acceptors (Lipinski definition) is 5. The summed E-state index contributed by atoms with van der Waals surface area (Å²) in [5, 5.41) is 0. The lowest BCUT2D eigenvalue weighted by Crippen LogP contribution is -2.44. The van der Waals surface area contributed by atoms with Crippen LogP contribution in [0.3, 0.4) is 0 Å². The molecule has 8 heteroatoms. The van der Waals surface area contributed by atoms with E-state index in [-0.39, 0.29) is 5.56 Å². The summed E-state index contributed by atoms with van der Waals surface area (Å²) in [6.07, 6.45) is 9.28. The summed E-state index contributed by atoms with van der Waals surface area (Å²) >= 11 is 0. The first-order valence-electron chi connectivity index (χ1n) is 13.5. The predicted octanol–water partition coefficient (Wildman–Crippen LogP) is 4.26. The monoisotopic (exact) mass is 508 g/mol. The summed E-state index contributed by atoms with van der Waals surface area (Å²) in [6, 6.07) is 7.41. The largest absolute Gasteiger partial charge is 0.492 e. The second-order valence-corrected chi connectivity index (χ2v) is 11.3. The molecule has 0 radical (unpaired) electrons. The van der Waals surface area contributed by atoms with Gasteiger partial charge in [0, 0.05) is 18.7 Å². The third-order valence-corrected chi connectivity index (χ3v) is 8.43. The van der Waals surface area contributed by atoms with Gasteiger partial charge in [-0.1, -0.05) is 19.4 Å². The maximum Gasteiger partial charge on any atom is 0.257 e. The van der Waals surface area contributed by atoms with Crippen molar-refractivity contribution < 1.29 is 18.7 Å². The molecule has 2 N–H and O–H groups in total. The number of likely N-dealkylation sites (tertiary alicyclic amines) is 2. The Balaban J connectivity index is 1.13. The smallest absolute Gasteiger partial charge is 0.257 e. The third-order valence-electron chi connectivity index (χ3n) is 8.43. The normalized spacial score (nSPS) is 22.0. The number of nitrogens with two attached hydrogens (primary N) is 1. The van der Waals surface area contributed by atoms with E-state index in [0.29, 0.717) is 54.3 Å². The number of piperidine rings is 1. The summed E-state index contributed by atoms with van der Waals surface area (Å²) < 4.78 is 20.9. The zero-order valence-corrected chi connectivity index (χ0v) is 21.6. The first-order chi connectivity index (χ1) is 17.8. The Morgan fingerprint density at radius 1 is 1.11 bits per heavy atom. The van der Waals surface area contributed by atoms with Gasteiger partial charge < -0.3 is 20.3 Å². The van der Waals surface area contributed by atoms with Gasteiger partial charge in [0.15, 0.2) is 0 Å². The molecule has 1 aromatic heterocycles. The van der Waals surface area contributed by atoms with E-state index in [2.05, 4.69) is 16.8 Å². The van der Waals surface area contributed by atoms with E-state index in [0.717, 1.165) is 25.9 Å². The number of ether oxygens (including phenoxy) is 1. The number of pyridine rings is 1. The maximum absolute atomic E-state index is 14.9. The summed E-state index contributed by atoms with van der Waals surface area (Å²) in [6.45, 7) is 7.01. The van der Waals surface area contributed by atoms with Gasteiger partial charge in [-0.2, -0.15) is 0 Å². The van der Waals surface area contributed by atoms with Crippen LogP contribution < -0.4 is 10.5 Å². The summed E-state index contributed by atoms with van der Waals surface area (Å²) in [4.78, 5) is 32.9. The van der Waals surface area contributed by atoms with Gasteiger partial charge in [-0.05, 0) is 87.2 Å². The first kappa shape index (κ1) is 25.6. The van der Waals surface area contributed by atoms with Crippen LogP contribution in [0, 0.1) is 17.2 Å². The number of carbonyl (C=O) groups excluding carboxylic acids is 2. The summed E-state index contributed by atoms with van der Waals surface area (Å²) in [5.41, 5.74) is 7.04. The molecule has 1 aliphatic carbocycles. The molecule has 2 aromatic rings. The molecule has 2 amide bonds. The topological polar surface area (TPSA) is 88.8 Å². The van der Waals surface area contributed by atoms with E-state index in [1.54, 1.807) is 18.3 Å². The van der Waals surface area contributed by atoms with Crippen LogP contribution in [-0.2, 0) is 4.79 Å². The van der Waals surface area contributed by atoms with Gasteiger partial charge in [0.05, 0.1) is 24.1 Å². The van der Waals surface area contributed by atoms with Gasteiger partial charge in [-0.25, -0.2) is 4.39 Å². The lowest BCUT2D eigenvalue weighted by atomic mass is 9.70. The molecule has 2 aliphatic heterocycles. The minimum Gasteiger partial charge on any atom is -0.492 e. The highest BCUT2D eigenvalue weighted by Crippen LogP contribution is 2.41. The number of carbonyl (C=O) groups is 2. The molecular formula is C29H37FN4O3. The molecule has 1 atom stereocenters. The van der Waals surface area contributed by atoms with Crippen LogP contribution >= 0.6 is 0 Å². The molecule has 7 nitrogen and oxygen atoms in total. The molecule has 0 spiro atoms. The highest BCUT2D eigenvalue weighted by molar-refractivity contribution is 5.98. The van der Waals surface area contributed by atoms with Crippen LogP contribution in [0.25, 0.3) is 11.3 Å².